The molecule has 0 saturated heterocycles. The zero-order valence-electron chi connectivity index (χ0n) is 22.8. The number of hydrogen-bond acceptors (Lipinski definition) is 7. The number of amidine groups is 1. The largest absolute Gasteiger partial charge is 0.490 e. The number of carbonyl (C=O) groups excluding carboxylic acids is 2. The summed E-state index contributed by atoms with van der Waals surface area (Å²) < 4.78 is 16.6. The summed E-state index contributed by atoms with van der Waals surface area (Å²) >= 11 is 0. The fourth-order valence-corrected chi connectivity index (χ4v) is 3.94. The fourth-order valence-electron chi connectivity index (χ4n) is 3.94. The molecule has 0 heterocycles. The molecule has 1 saturated carbocycles. The maximum absolute atomic E-state index is 12.7. The van der Waals surface area contributed by atoms with Crippen LogP contribution in [0.5, 0.6) is 5.75 Å². The lowest BCUT2D eigenvalue weighted by molar-refractivity contribution is -0.159. The Bertz CT molecular complexity index is 1270. The lowest BCUT2D eigenvalue weighted by Gasteiger charge is -2.21. The molecule has 0 aromatic heterocycles. The van der Waals surface area contributed by atoms with Crippen molar-refractivity contribution in [3.8, 4) is 5.75 Å². The highest BCUT2D eigenvalue weighted by Crippen LogP contribution is 2.28. The van der Waals surface area contributed by atoms with Gasteiger partial charge >= 0.3 is 12.1 Å². The van der Waals surface area contributed by atoms with Crippen molar-refractivity contribution in [3.05, 3.63) is 102 Å². The monoisotopic (exact) mass is 545 g/mol. The molecule has 40 heavy (non-hydrogen) atoms. The number of ether oxygens (including phenoxy) is 3. The van der Waals surface area contributed by atoms with Crippen LogP contribution in [0.3, 0.4) is 0 Å². The molecule has 4 rings (SSSR count). The molecule has 0 spiro atoms. The van der Waals surface area contributed by atoms with Gasteiger partial charge in [0.1, 0.15) is 23.8 Å². The molecule has 9 nitrogen and oxygen atoms in total. The van der Waals surface area contributed by atoms with E-state index < -0.39 is 29.9 Å². The van der Waals surface area contributed by atoms with Gasteiger partial charge in [-0.3, -0.25) is 4.99 Å². The van der Waals surface area contributed by atoms with Crippen LogP contribution in [0.2, 0.25) is 0 Å². The van der Waals surface area contributed by atoms with Gasteiger partial charge in [0.05, 0.1) is 12.1 Å². The van der Waals surface area contributed by atoms with Gasteiger partial charge in [-0.1, -0.05) is 60.7 Å². The minimum Gasteiger partial charge on any atom is -0.490 e. The van der Waals surface area contributed by atoms with Crippen molar-refractivity contribution in [1.82, 2.24) is 5.32 Å². The van der Waals surface area contributed by atoms with Crippen LogP contribution in [0.15, 0.2) is 89.9 Å². The molecular weight excluding hydrogens is 510 g/mol. The van der Waals surface area contributed by atoms with Gasteiger partial charge in [-0.05, 0) is 62.6 Å². The minimum atomic E-state index is -1.48. The number of aliphatic hydroxyl groups excluding tert-OH is 1. The first kappa shape index (κ1) is 28.6. The van der Waals surface area contributed by atoms with Gasteiger partial charge < -0.3 is 30.4 Å². The van der Waals surface area contributed by atoms with Crippen molar-refractivity contribution < 1.29 is 28.9 Å². The number of aliphatic imine (C=N–C) groups is 1. The van der Waals surface area contributed by atoms with Crippen LogP contribution in [0.25, 0.3) is 0 Å². The Morgan fingerprint density at radius 1 is 0.975 bits per heavy atom. The average molecular weight is 546 g/mol. The number of benzene rings is 3. The van der Waals surface area contributed by atoms with Gasteiger partial charge in [0.15, 0.2) is 12.2 Å². The number of amides is 1. The van der Waals surface area contributed by atoms with Crippen LogP contribution < -0.4 is 15.8 Å². The number of rotatable bonds is 10. The second-order valence-electron chi connectivity index (χ2n) is 10.6. The molecule has 3 atom stereocenters. The number of esters is 1. The van der Waals surface area contributed by atoms with E-state index in [0.717, 1.165) is 11.1 Å². The minimum absolute atomic E-state index is 0.111. The number of nitrogens with two attached hydrogens (primary N) is 1. The molecule has 3 aromatic carbocycles. The van der Waals surface area contributed by atoms with E-state index in [1.54, 1.807) is 45.0 Å². The van der Waals surface area contributed by atoms with E-state index >= 15 is 0 Å². The second kappa shape index (κ2) is 12.7. The summed E-state index contributed by atoms with van der Waals surface area (Å²) in [5.74, 6) is -0.00633. The highest BCUT2D eigenvalue weighted by molar-refractivity contribution is 5.97. The van der Waals surface area contributed by atoms with Crippen LogP contribution in [-0.4, -0.2) is 53.4 Å². The number of carbonyl (C=O) groups is 2. The van der Waals surface area contributed by atoms with E-state index in [2.05, 4.69) is 10.3 Å². The van der Waals surface area contributed by atoms with Gasteiger partial charge in [-0.15, -0.1) is 0 Å². The first-order valence-electron chi connectivity index (χ1n) is 13.1. The molecule has 1 aliphatic rings. The number of nitrogens with zero attached hydrogens (tertiary/aromatic N) is 1. The van der Waals surface area contributed by atoms with Crippen LogP contribution in [0.1, 0.15) is 50.0 Å². The second-order valence-corrected chi connectivity index (χ2v) is 10.6. The molecule has 3 aromatic rings. The van der Waals surface area contributed by atoms with Gasteiger partial charge in [-0.2, -0.15) is 0 Å². The Morgan fingerprint density at radius 2 is 1.55 bits per heavy atom. The van der Waals surface area contributed by atoms with E-state index in [0.29, 0.717) is 23.6 Å². The standard InChI is InChI=1S/C31H35N3O6/c1-31(2,3)40-30(37)34-25-18-24(25)33-28(32)22-14-16-23(17-15-22)38-19-26(35)29(36)39-27(20-10-6-4-7-11-20)21-12-8-5-9-13-21/h4-17,24-27,35H,18-19H2,1-3H3,(H2,32,33)(H,34,37). The number of alkyl carbamates (subject to hydrolysis) is 1. The third kappa shape index (κ3) is 8.31. The number of nitrogens with one attached hydrogen (secondary N) is 1. The molecule has 4 N–H and O–H groups in total. The third-order valence-electron chi connectivity index (χ3n) is 6.03. The fraction of sp³-hybridized carbons (Fsp3) is 0.323. The zero-order chi connectivity index (χ0) is 28.7. The summed E-state index contributed by atoms with van der Waals surface area (Å²) in [4.78, 5) is 29.1. The predicted molar refractivity (Wildman–Crippen MR) is 151 cm³/mol. The molecule has 0 bridgehead atoms. The first-order chi connectivity index (χ1) is 19.1. The predicted octanol–water partition coefficient (Wildman–Crippen LogP) is 4.13. The molecule has 0 aliphatic heterocycles. The highest BCUT2D eigenvalue weighted by atomic mass is 16.6. The Balaban J connectivity index is 1.28. The van der Waals surface area contributed by atoms with Crippen molar-refractivity contribution in [2.45, 2.75) is 57.1 Å². The summed E-state index contributed by atoms with van der Waals surface area (Å²) in [6, 6.07) is 25.3. The average Bonchev–Trinajstić information content (AvgIpc) is 3.66. The van der Waals surface area contributed by atoms with Gasteiger partial charge in [0, 0.05) is 5.56 Å². The van der Waals surface area contributed by atoms with Crippen molar-refractivity contribution >= 4 is 17.9 Å². The molecule has 3 unspecified atom stereocenters. The molecule has 1 amide bonds. The van der Waals surface area contributed by atoms with Crippen LogP contribution >= 0.6 is 0 Å². The van der Waals surface area contributed by atoms with Crippen molar-refractivity contribution in [3.63, 3.8) is 0 Å². The summed E-state index contributed by atoms with van der Waals surface area (Å²) in [6.45, 7) is 5.14. The van der Waals surface area contributed by atoms with Gasteiger partial charge in [-0.25, -0.2) is 9.59 Å². The van der Waals surface area contributed by atoms with E-state index in [4.69, 9.17) is 19.9 Å². The number of hydrogen-bond donors (Lipinski definition) is 3. The normalized spacial score (nSPS) is 17.6. The van der Waals surface area contributed by atoms with Crippen LogP contribution in [0.4, 0.5) is 4.79 Å². The maximum Gasteiger partial charge on any atom is 0.407 e. The van der Waals surface area contributed by atoms with Crippen molar-refractivity contribution in [2.24, 2.45) is 10.7 Å². The Hall–Kier alpha value is -4.37. The first-order valence-corrected chi connectivity index (χ1v) is 13.1. The molecular formula is C31H35N3O6. The zero-order valence-corrected chi connectivity index (χ0v) is 22.8. The molecule has 1 aliphatic carbocycles. The van der Waals surface area contributed by atoms with Crippen molar-refractivity contribution in [1.29, 1.82) is 0 Å². The highest BCUT2D eigenvalue weighted by Gasteiger charge is 2.39. The third-order valence-corrected chi connectivity index (χ3v) is 6.03. The Kier molecular flexibility index (Phi) is 9.06. The van der Waals surface area contributed by atoms with Crippen LogP contribution in [-0.2, 0) is 14.3 Å². The van der Waals surface area contributed by atoms with Crippen molar-refractivity contribution in [2.75, 3.05) is 6.61 Å². The van der Waals surface area contributed by atoms with Gasteiger partial charge in [0.2, 0.25) is 0 Å². The summed E-state index contributed by atoms with van der Waals surface area (Å²) in [5, 5.41) is 13.2. The lowest BCUT2D eigenvalue weighted by atomic mass is 10.0. The van der Waals surface area contributed by atoms with E-state index in [1.807, 2.05) is 60.7 Å². The quantitative estimate of drug-likeness (QED) is 0.198. The smallest absolute Gasteiger partial charge is 0.407 e. The molecule has 1 fully saturated rings. The Morgan fingerprint density at radius 3 is 2.10 bits per heavy atom. The Labute approximate surface area is 234 Å². The van der Waals surface area contributed by atoms with E-state index in [1.165, 1.54) is 0 Å². The van der Waals surface area contributed by atoms with E-state index in [-0.39, 0.29) is 18.7 Å². The molecule has 210 valence electrons. The topological polar surface area (TPSA) is 132 Å². The lowest BCUT2D eigenvalue weighted by Crippen LogP contribution is -2.34. The summed E-state index contributed by atoms with van der Waals surface area (Å²) in [5.41, 5.74) is 7.86. The van der Waals surface area contributed by atoms with E-state index in [9.17, 15) is 14.7 Å². The SMILES string of the molecule is CC(C)(C)OC(=O)NC1CC1N=C(N)c1ccc(OCC(O)C(=O)OC(c2ccccc2)c2ccccc2)cc1. The summed E-state index contributed by atoms with van der Waals surface area (Å²) in [7, 11) is 0. The molecule has 9 heteroatoms. The van der Waals surface area contributed by atoms with Crippen LogP contribution in [0, 0.1) is 0 Å². The summed E-state index contributed by atoms with van der Waals surface area (Å²) in [6.07, 6.45) is -1.93. The maximum atomic E-state index is 12.7. The van der Waals surface area contributed by atoms with Gasteiger partial charge in [0.25, 0.3) is 0 Å². The number of aliphatic hydroxyl groups is 1. The molecule has 0 radical (unpaired) electrons.